The lowest BCUT2D eigenvalue weighted by Crippen LogP contribution is -2.68. The monoisotopic (exact) mass is 1110 g/mol. The Balaban J connectivity index is 0.968. The summed E-state index contributed by atoms with van der Waals surface area (Å²) in [5.74, 6) is -3.17. The molecule has 446 valence electrons. The van der Waals surface area contributed by atoms with Gasteiger partial charge in [-0.05, 0) is 116 Å². The Bertz CT molecular complexity index is 2160. The van der Waals surface area contributed by atoms with Crippen molar-refractivity contribution in [3.8, 4) is 0 Å². The Labute approximate surface area is 461 Å². The second-order valence-electron chi connectivity index (χ2n) is 26.9. The Morgan fingerprint density at radius 3 is 1.96 bits per heavy atom. The Kier molecular flexibility index (Phi) is 19.3. The fraction of sp³-hybridized carbons (Fsp3) is 0.898. The highest BCUT2D eigenvalue weighted by Gasteiger charge is 2.72. The zero-order valence-corrected chi connectivity index (χ0v) is 48.1. The fourth-order valence-electron chi connectivity index (χ4n) is 16.1. The molecule has 2 heterocycles. The summed E-state index contributed by atoms with van der Waals surface area (Å²) < 4.78 is 34.9. The number of aliphatic hydroxyl groups is 9. The molecular formula is C59H96O19. The summed E-state index contributed by atoms with van der Waals surface area (Å²) in [6.07, 6.45) is -10.5. The maximum atomic E-state index is 15.0. The van der Waals surface area contributed by atoms with Crippen LogP contribution in [0.15, 0.2) is 11.6 Å². The van der Waals surface area contributed by atoms with Crippen LogP contribution in [-0.4, -0.2) is 169 Å². The Hall–Kier alpha value is -2.66. The van der Waals surface area contributed by atoms with E-state index in [1.807, 2.05) is 27.7 Å². The van der Waals surface area contributed by atoms with E-state index in [1.54, 1.807) is 6.92 Å². The minimum atomic E-state index is -1.87. The molecule has 6 fully saturated rings. The number of ether oxygens (including phenoxy) is 6. The third kappa shape index (κ3) is 11.4. The lowest BCUT2D eigenvalue weighted by molar-refractivity contribution is -0.295. The van der Waals surface area contributed by atoms with E-state index in [0.717, 1.165) is 37.5 Å². The number of fused-ring (bicyclic) bond motifs is 7. The van der Waals surface area contributed by atoms with E-state index in [-0.39, 0.29) is 59.2 Å². The van der Waals surface area contributed by atoms with Crippen LogP contribution in [-0.2, 0) is 47.6 Å². The molecule has 0 bridgehead atoms. The first-order valence-electron chi connectivity index (χ1n) is 29.2. The second-order valence-corrected chi connectivity index (χ2v) is 26.9. The quantitative estimate of drug-likeness (QED) is 0.0355. The van der Waals surface area contributed by atoms with Gasteiger partial charge >= 0.3 is 17.9 Å². The number of hydrogen-bond donors (Lipinski definition) is 9. The predicted octanol–water partition coefficient (Wildman–Crippen LogP) is 4.33. The minimum absolute atomic E-state index is 0.00638. The first-order valence-corrected chi connectivity index (χ1v) is 29.2. The SMILES string of the molecule is CC[C@H](C)C(C[C@H](O)CC(=O)O[C@H]1[C@@H](O)[C@H](O)[C@@H](OC(=O)[C@]23CCC(C)(C)C[C@H]2C2=CCC4[C@@]5(C)CC[C@H](O)[C@@](C)(C=O)C5CC[C@@]4(C)[C@]2(C)C[C@H]3O)O[C@H]1C)OC(=O)C[C@@H](O)CC(O[C@@H]1O[C@@H](CO)[C@H](O)[C@H]1O)[C@@H](C)CC. The lowest BCUT2D eigenvalue weighted by Gasteiger charge is -2.71. The summed E-state index contributed by atoms with van der Waals surface area (Å²) in [5.41, 5.74) is -2.39. The standard InChI is InChI=1S/C59H96O19/c1-12-30(3)37(74-44(66)24-34(63)23-38(31(4)13-2)75-52-48(70)46(68)39(28-60)76-52)22-33(62)25-45(67)77-50-32(5)73-51(49(71)47(50)69)78-53(72)59-21-20-54(6,7)26-36(59)35-14-15-41-55(8)18-17-42(64)56(9,29-61)40(55)16-19-57(41,10)58(35,11)27-43(59)65/h14,29-34,36-43,46-52,60,62-65,68-71H,12-13,15-28H2,1-11H3/t30-,31-,32-,33-,34-,36-,37?,38?,39-,40?,41?,42-,43+,46-,47-,48+,49-,50+,51+,52+,55-,56-,57+,58+,59+/m0/s1. The molecule has 4 saturated carbocycles. The highest BCUT2D eigenvalue weighted by atomic mass is 16.7. The van der Waals surface area contributed by atoms with Crippen LogP contribution < -0.4 is 0 Å². The molecule has 19 heteroatoms. The highest BCUT2D eigenvalue weighted by Crippen LogP contribution is 2.76. The van der Waals surface area contributed by atoms with Crippen molar-refractivity contribution in [3.05, 3.63) is 11.6 Å². The molecule has 7 rings (SSSR count). The molecule has 0 radical (unpaired) electrons. The number of aliphatic hydroxyl groups excluding tert-OH is 9. The number of carbonyl (C=O) groups excluding carboxylic acids is 4. The first kappa shape index (κ1) is 62.9. The predicted molar refractivity (Wildman–Crippen MR) is 281 cm³/mol. The molecule has 0 aromatic carbocycles. The Morgan fingerprint density at radius 2 is 1.35 bits per heavy atom. The number of rotatable bonds is 20. The van der Waals surface area contributed by atoms with Crippen molar-refractivity contribution < 1.29 is 93.6 Å². The van der Waals surface area contributed by atoms with E-state index in [0.29, 0.717) is 38.5 Å². The van der Waals surface area contributed by atoms with Crippen molar-refractivity contribution in [1.82, 2.24) is 0 Å². The van der Waals surface area contributed by atoms with Crippen LogP contribution in [0.1, 0.15) is 172 Å². The summed E-state index contributed by atoms with van der Waals surface area (Å²) in [5, 5.41) is 99.1. The van der Waals surface area contributed by atoms with Crippen molar-refractivity contribution in [2.24, 2.45) is 62.1 Å². The molecule has 0 spiro atoms. The lowest BCUT2D eigenvalue weighted by atomic mass is 9.33. The number of carbonyl (C=O) groups is 4. The molecule has 2 saturated heterocycles. The van der Waals surface area contributed by atoms with Gasteiger partial charge in [0.25, 0.3) is 0 Å². The van der Waals surface area contributed by atoms with Crippen LogP contribution >= 0.6 is 0 Å². The van der Waals surface area contributed by atoms with E-state index < -0.39 is 151 Å². The molecule has 0 amide bonds. The van der Waals surface area contributed by atoms with E-state index >= 15 is 4.79 Å². The summed E-state index contributed by atoms with van der Waals surface area (Å²) in [4.78, 5) is 54.4. The molecule has 78 heavy (non-hydrogen) atoms. The van der Waals surface area contributed by atoms with Gasteiger partial charge in [-0.15, -0.1) is 0 Å². The van der Waals surface area contributed by atoms with Crippen LogP contribution in [0.2, 0.25) is 0 Å². The summed E-state index contributed by atoms with van der Waals surface area (Å²) in [6.45, 7) is 21.5. The van der Waals surface area contributed by atoms with Gasteiger partial charge in [0.05, 0.1) is 61.5 Å². The normalized spacial score (nSPS) is 44.3. The van der Waals surface area contributed by atoms with Crippen molar-refractivity contribution in [1.29, 1.82) is 0 Å². The molecule has 4 unspecified atom stereocenters. The minimum Gasteiger partial charge on any atom is -0.462 e. The molecular weight excluding hydrogens is 1010 g/mol. The Morgan fingerprint density at radius 1 is 0.731 bits per heavy atom. The van der Waals surface area contributed by atoms with Gasteiger partial charge in [0.1, 0.15) is 48.3 Å². The fourth-order valence-corrected chi connectivity index (χ4v) is 16.1. The van der Waals surface area contributed by atoms with Crippen molar-refractivity contribution >= 4 is 24.2 Å². The van der Waals surface area contributed by atoms with E-state index in [9.17, 15) is 60.3 Å². The van der Waals surface area contributed by atoms with Gasteiger partial charge in [-0.3, -0.25) is 14.4 Å². The first-order chi connectivity index (χ1) is 36.4. The van der Waals surface area contributed by atoms with Gasteiger partial charge in [-0.1, -0.05) is 93.7 Å². The average Bonchev–Trinajstić information content (AvgIpc) is 3.82. The van der Waals surface area contributed by atoms with Gasteiger partial charge in [-0.2, -0.15) is 0 Å². The molecule has 2 aliphatic heterocycles. The summed E-state index contributed by atoms with van der Waals surface area (Å²) >= 11 is 0. The molecule has 0 aromatic heterocycles. The number of allylic oxidation sites excluding steroid dienone is 2. The van der Waals surface area contributed by atoms with Crippen LogP contribution in [0.5, 0.6) is 0 Å². The number of esters is 3. The third-order valence-corrected chi connectivity index (χ3v) is 21.7. The second kappa shape index (κ2) is 23.9. The maximum Gasteiger partial charge on any atom is 0.317 e. The zero-order chi connectivity index (χ0) is 57.8. The van der Waals surface area contributed by atoms with Crippen LogP contribution in [0.25, 0.3) is 0 Å². The average molecular weight is 1110 g/mol. The summed E-state index contributed by atoms with van der Waals surface area (Å²) in [6, 6.07) is 0. The van der Waals surface area contributed by atoms with Crippen LogP contribution in [0.4, 0.5) is 0 Å². The smallest absolute Gasteiger partial charge is 0.317 e. The third-order valence-electron chi connectivity index (χ3n) is 21.7. The van der Waals surface area contributed by atoms with Crippen molar-refractivity contribution in [2.45, 2.75) is 264 Å². The molecule has 0 aromatic rings. The molecule has 19 nitrogen and oxygen atoms in total. The molecule has 5 aliphatic carbocycles. The van der Waals surface area contributed by atoms with Gasteiger partial charge in [0.2, 0.25) is 6.29 Å². The van der Waals surface area contributed by atoms with Gasteiger partial charge in [0.15, 0.2) is 12.4 Å². The van der Waals surface area contributed by atoms with E-state index in [4.69, 9.17) is 28.4 Å². The zero-order valence-electron chi connectivity index (χ0n) is 48.1. The maximum absolute atomic E-state index is 15.0. The van der Waals surface area contributed by atoms with Crippen molar-refractivity contribution in [3.63, 3.8) is 0 Å². The van der Waals surface area contributed by atoms with Gasteiger partial charge in [-0.25, -0.2) is 0 Å². The van der Waals surface area contributed by atoms with Gasteiger partial charge < -0.3 is 79.2 Å². The molecule has 7 aliphatic rings. The summed E-state index contributed by atoms with van der Waals surface area (Å²) in [7, 11) is 0. The number of aldehydes is 1. The number of hydrogen-bond acceptors (Lipinski definition) is 19. The highest BCUT2D eigenvalue weighted by molar-refractivity contribution is 5.80. The van der Waals surface area contributed by atoms with Crippen LogP contribution in [0, 0.1) is 62.1 Å². The van der Waals surface area contributed by atoms with Crippen molar-refractivity contribution in [2.75, 3.05) is 6.61 Å². The largest absolute Gasteiger partial charge is 0.462 e. The topological polar surface area (TPSA) is 306 Å². The molecule has 25 atom stereocenters. The van der Waals surface area contributed by atoms with E-state index in [1.165, 1.54) is 6.92 Å². The van der Waals surface area contributed by atoms with Gasteiger partial charge in [0, 0.05) is 12.8 Å². The van der Waals surface area contributed by atoms with Crippen LogP contribution in [0.3, 0.4) is 0 Å². The van der Waals surface area contributed by atoms with E-state index in [2.05, 4.69) is 40.7 Å². The molecule has 9 N–H and O–H groups in total.